The van der Waals surface area contributed by atoms with Crippen LogP contribution < -0.4 is 5.56 Å². The third kappa shape index (κ3) is 3.03. The smallest absolute Gasteiger partial charge is 0.267 e. The van der Waals surface area contributed by atoms with E-state index in [1.165, 1.54) is 25.7 Å². The first kappa shape index (κ1) is 14.7. The van der Waals surface area contributed by atoms with Gasteiger partial charge >= 0.3 is 0 Å². The molecule has 4 nitrogen and oxygen atoms in total. The summed E-state index contributed by atoms with van der Waals surface area (Å²) in [7, 11) is 0. The summed E-state index contributed by atoms with van der Waals surface area (Å²) in [6.07, 6.45) is 7.38. The molecule has 1 aliphatic rings. The first-order chi connectivity index (χ1) is 10.2. The topological polar surface area (TPSA) is 47.8 Å². The highest BCUT2D eigenvalue weighted by atomic mass is 79.9. The number of alkyl halides is 1. The van der Waals surface area contributed by atoms with Gasteiger partial charge in [0.1, 0.15) is 5.52 Å². The van der Waals surface area contributed by atoms with E-state index in [-0.39, 0.29) is 11.0 Å². The van der Waals surface area contributed by atoms with Crippen molar-refractivity contribution in [2.75, 3.05) is 5.33 Å². The summed E-state index contributed by atoms with van der Waals surface area (Å²) in [5.74, 6) is 0. The summed E-state index contributed by atoms with van der Waals surface area (Å²) in [5.41, 5.74) is 0.787. The molecule has 0 N–H and O–H groups in total. The largest absolute Gasteiger partial charge is 0.277 e. The molecule has 0 radical (unpaired) electrons. The van der Waals surface area contributed by atoms with Crippen LogP contribution in [-0.4, -0.2) is 20.3 Å². The lowest BCUT2D eigenvalue weighted by Gasteiger charge is -2.30. The monoisotopic (exact) mass is 349 g/mol. The molecule has 1 aromatic heterocycles. The molecule has 0 amide bonds. The summed E-state index contributed by atoms with van der Waals surface area (Å²) < 4.78 is 1.56. The van der Waals surface area contributed by atoms with Gasteiger partial charge in [0.05, 0.1) is 11.9 Å². The lowest BCUT2D eigenvalue weighted by Crippen LogP contribution is -2.35. The normalized spacial score (nSPS) is 18.5. The highest BCUT2D eigenvalue weighted by Gasteiger charge is 2.31. The second-order valence-corrected chi connectivity index (χ2v) is 6.68. The van der Waals surface area contributed by atoms with Gasteiger partial charge in [0.15, 0.2) is 0 Å². The molecule has 1 heterocycles. The first-order valence-electron chi connectivity index (χ1n) is 7.63. The lowest BCUT2D eigenvalue weighted by molar-refractivity contribution is 0.224. The van der Waals surface area contributed by atoms with Crippen LogP contribution >= 0.6 is 15.9 Å². The van der Waals surface area contributed by atoms with E-state index < -0.39 is 0 Å². The number of benzene rings is 1. The third-order valence-electron chi connectivity index (χ3n) is 4.56. The van der Waals surface area contributed by atoms with Gasteiger partial charge in [-0.3, -0.25) is 4.79 Å². The molecule has 5 heteroatoms. The molecule has 1 fully saturated rings. The van der Waals surface area contributed by atoms with E-state index in [4.69, 9.17) is 0 Å². The Bertz CT molecular complexity index is 675. The van der Waals surface area contributed by atoms with Crippen molar-refractivity contribution in [3.8, 4) is 0 Å². The number of rotatable bonds is 3. The summed E-state index contributed by atoms with van der Waals surface area (Å²) in [6, 6.07) is 7.42. The molecule has 1 aliphatic carbocycles. The van der Waals surface area contributed by atoms with Gasteiger partial charge in [0.25, 0.3) is 5.56 Å². The van der Waals surface area contributed by atoms with Gasteiger partial charge in [-0.15, -0.1) is 5.10 Å². The highest BCUT2D eigenvalue weighted by Crippen LogP contribution is 2.37. The third-order valence-corrected chi connectivity index (χ3v) is 5.75. The summed E-state index contributed by atoms with van der Waals surface area (Å²) in [4.78, 5) is 12.6. The molecular formula is C16H20BrN3O. The molecule has 3 rings (SSSR count). The predicted molar refractivity (Wildman–Crippen MR) is 87.7 cm³/mol. The number of hydrogen-bond acceptors (Lipinski definition) is 3. The summed E-state index contributed by atoms with van der Waals surface area (Å²) in [5, 5.41) is 9.93. The van der Waals surface area contributed by atoms with Crippen molar-refractivity contribution in [2.24, 2.45) is 5.41 Å². The van der Waals surface area contributed by atoms with Crippen molar-refractivity contribution < 1.29 is 0 Å². The number of halogens is 1. The molecule has 0 atom stereocenters. The van der Waals surface area contributed by atoms with E-state index in [0.29, 0.717) is 17.4 Å². The Balaban J connectivity index is 1.96. The van der Waals surface area contributed by atoms with Crippen molar-refractivity contribution in [3.05, 3.63) is 34.6 Å². The van der Waals surface area contributed by atoms with Gasteiger partial charge in [0, 0.05) is 5.33 Å². The van der Waals surface area contributed by atoms with Crippen LogP contribution in [-0.2, 0) is 6.54 Å². The van der Waals surface area contributed by atoms with Crippen LogP contribution in [0.2, 0.25) is 0 Å². The molecule has 0 unspecified atom stereocenters. The maximum absolute atomic E-state index is 12.6. The Morgan fingerprint density at radius 1 is 1.14 bits per heavy atom. The number of nitrogens with zero attached hydrogens (tertiary/aromatic N) is 3. The quantitative estimate of drug-likeness (QED) is 0.629. The zero-order valence-electron chi connectivity index (χ0n) is 12.1. The van der Waals surface area contributed by atoms with Crippen LogP contribution in [0.25, 0.3) is 10.9 Å². The Morgan fingerprint density at radius 2 is 1.86 bits per heavy atom. The number of hydrogen-bond donors (Lipinski definition) is 0. The SMILES string of the molecule is O=c1c2ccccc2nnn1CC1(CBr)CCCCCC1. The number of fused-ring (bicyclic) bond motifs is 1. The van der Waals surface area contributed by atoms with Crippen molar-refractivity contribution in [2.45, 2.75) is 45.1 Å². The Hall–Kier alpha value is -1.23. The van der Waals surface area contributed by atoms with Crippen LogP contribution in [0.3, 0.4) is 0 Å². The fourth-order valence-corrected chi connectivity index (χ4v) is 4.00. The average molecular weight is 350 g/mol. The molecule has 2 aromatic rings. The number of aromatic nitrogens is 3. The van der Waals surface area contributed by atoms with Crippen molar-refractivity contribution >= 4 is 26.8 Å². The standard InChI is InChI=1S/C16H20BrN3O/c17-11-16(9-5-1-2-6-10-16)12-20-15(21)13-7-3-4-8-14(13)18-19-20/h3-4,7-8H,1-2,5-6,9-12H2. The van der Waals surface area contributed by atoms with Crippen LogP contribution in [0, 0.1) is 5.41 Å². The van der Waals surface area contributed by atoms with Gasteiger partial charge in [-0.2, -0.15) is 0 Å². The van der Waals surface area contributed by atoms with Crippen molar-refractivity contribution in [1.29, 1.82) is 0 Å². The molecule has 0 spiro atoms. The van der Waals surface area contributed by atoms with E-state index in [2.05, 4.69) is 26.2 Å². The van der Waals surface area contributed by atoms with E-state index in [0.717, 1.165) is 18.2 Å². The van der Waals surface area contributed by atoms with Crippen LogP contribution in [0.15, 0.2) is 29.1 Å². The van der Waals surface area contributed by atoms with E-state index >= 15 is 0 Å². The maximum atomic E-state index is 12.6. The minimum atomic E-state index is -0.0230. The van der Waals surface area contributed by atoms with Crippen LogP contribution in [0.4, 0.5) is 0 Å². The first-order valence-corrected chi connectivity index (χ1v) is 8.75. The minimum Gasteiger partial charge on any atom is -0.267 e. The van der Waals surface area contributed by atoms with Crippen LogP contribution in [0.1, 0.15) is 38.5 Å². The van der Waals surface area contributed by atoms with Gasteiger partial charge in [0.2, 0.25) is 0 Å². The van der Waals surface area contributed by atoms with Crippen molar-refractivity contribution in [1.82, 2.24) is 15.0 Å². The second kappa shape index (κ2) is 6.26. The van der Waals surface area contributed by atoms with Gasteiger partial charge in [-0.1, -0.05) is 59.0 Å². The van der Waals surface area contributed by atoms with Gasteiger partial charge < -0.3 is 0 Å². The second-order valence-electron chi connectivity index (χ2n) is 6.12. The van der Waals surface area contributed by atoms with E-state index in [1.807, 2.05) is 24.3 Å². The fraction of sp³-hybridized carbons (Fsp3) is 0.562. The van der Waals surface area contributed by atoms with Crippen molar-refractivity contribution in [3.63, 3.8) is 0 Å². The fourth-order valence-electron chi connectivity index (χ4n) is 3.26. The molecular weight excluding hydrogens is 330 g/mol. The zero-order chi connectivity index (χ0) is 14.7. The Morgan fingerprint density at radius 3 is 2.57 bits per heavy atom. The Labute approximate surface area is 132 Å². The zero-order valence-corrected chi connectivity index (χ0v) is 13.7. The maximum Gasteiger partial charge on any atom is 0.277 e. The van der Waals surface area contributed by atoms with Crippen LogP contribution in [0.5, 0.6) is 0 Å². The van der Waals surface area contributed by atoms with Gasteiger partial charge in [-0.05, 0) is 30.4 Å². The molecule has 0 saturated heterocycles. The summed E-state index contributed by atoms with van der Waals surface area (Å²) in [6.45, 7) is 0.662. The molecule has 21 heavy (non-hydrogen) atoms. The Kier molecular flexibility index (Phi) is 4.38. The molecule has 0 aliphatic heterocycles. The van der Waals surface area contributed by atoms with Gasteiger partial charge in [-0.25, -0.2) is 4.68 Å². The minimum absolute atomic E-state index is 0.0230. The van der Waals surface area contributed by atoms with E-state index in [9.17, 15) is 4.79 Å². The summed E-state index contributed by atoms with van der Waals surface area (Å²) >= 11 is 3.67. The molecule has 1 aromatic carbocycles. The molecule has 1 saturated carbocycles. The average Bonchev–Trinajstić information content (AvgIpc) is 2.77. The van der Waals surface area contributed by atoms with E-state index in [1.54, 1.807) is 4.68 Å². The molecule has 112 valence electrons. The predicted octanol–water partition coefficient (Wildman–Crippen LogP) is 3.53. The lowest BCUT2D eigenvalue weighted by atomic mass is 9.82. The molecule has 0 bridgehead atoms. The highest BCUT2D eigenvalue weighted by molar-refractivity contribution is 9.09.